The molecule has 0 aliphatic heterocycles. The molecule has 4 aromatic rings. The normalized spacial score (nSPS) is 11.1. The molecule has 0 saturated carbocycles. The van der Waals surface area contributed by atoms with Gasteiger partial charge in [-0.05, 0) is 45.8 Å². The summed E-state index contributed by atoms with van der Waals surface area (Å²) in [5, 5.41) is 13.8. The van der Waals surface area contributed by atoms with Crippen LogP contribution < -0.4 is 0 Å². The van der Waals surface area contributed by atoms with Crippen molar-refractivity contribution in [1.29, 1.82) is 5.26 Å². The molecule has 0 N–H and O–H groups in total. The van der Waals surface area contributed by atoms with Crippen LogP contribution in [0, 0.1) is 11.3 Å². The molecule has 0 aromatic heterocycles. The van der Waals surface area contributed by atoms with Crippen molar-refractivity contribution in [3.05, 3.63) is 90.0 Å². The van der Waals surface area contributed by atoms with Crippen molar-refractivity contribution in [1.82, 2.24) is 0 Å². The Morgan fingerprint density at radius 2 is 1.42 bits per heavy atom. The lowest BCUT2D eigenvalue weighted by atomic mass is 9.97. The second-order valence-electron chi connectivity index (χ2n) is 5.65. The molecule has 0 fully saturated rings. The predicted octanol–water partition coefficient (Wildman–Crippen LogP) is 5.62. The molecule has 2 heteroatoms. The summed E-state index contributed by atoms with van der Waals surface area (Å²) in [7, 11) is 0. The maximum atomic E-state index is 9.03. The zero-order valence-electron chi connectivity index (χ0n) is 13.0. The second kappa shape index (κ2) is 5.98. The number of aliphatic imine (C=N–C) groups is 1. The highest BCUT2D eigenvalue weighted by Gasteiger charge is 2.05. The molecule has 0 bridgehead atoms. The van der Waals surface area contributed by atoms with Crippen LogP contribution >= 0.6 is 0 Å². The van der Waals surface area contributed by atoms with Gasteiger partial charge in [0, 0.05) is 11.8 Å². The van der Waals surface area contributed by atoms with E-state index in [0.717, 1.165) is 11.3 Å². The Hall–Kier alpha value is -3.44. The third-order valence-electron chi connectivity index (χ3n) is 4.13. The van der Waals surface area contributed by atoms with Crippen molar-refractivity contribution in [2.45, 2.75) is 0 Å². The van der Waals surface area contributed by atoms with Crippen molar-refractivity contribution in [2.75, 3.05) is 0 Å². The summed E-state index contributed by atoms with van der Waals surface area (Å²) in [5.41, 5.74) is 2.50. The molecular formula is C22H14N2. The van der Waals surface area contributed by atoms with Gasteiger partial charge in [0.25, 0.3) is 0 Å². The van der Waals surface area contributed by atoms with Crippen LogP contribution in [0.25, 0.3) is 21.5 Å². The molecule has 4 aromatic carbocycles. The number of nitriles is 1. The summed E-state index contributed by atoms with van der Waals surface area (Å²) in [5.74, 6) is 0. The molecule has 112 valence electrons. The van der Waals surface area contributed by atoms with Gasteiger partial charge in [-0.15, -0.1) is 0 Å². The standard InChI is InChI=1S/C22H14N2/c23-14-16-6-5-9-19(12-16)24-15-22-20-10-3-1-7-17(20)13-18-8-2-4-11-21(18)22/h1-13,15H. The minimum atomic E-state index is 0.618. The number of rotatable bonds is 2. The lowest BCUT2D eigenvalue weighted by Gasteiger charge is -2.07. The van der Waals surface area contributed by atoms with E-state index in [0.29, 0.717) is 5.56 Å². The van der Waals surface area contributed by atoms with Gasteiger partial charge in [0.2, 0.25) is 0 Å². The summed E-state index contributed by atoms with van der Waals surface area (Å²) >= 11 is 0. The van der Waals surface area contributed by atoms with Crippen LogP contribution in [0.4, 0.5) is 5.69 Å². The van der Waals surface area contributed by atoms with Crippen LogP contribution in [-0.4, -0.2) is 6.21 Å². The average molecular weight is 306 g/mol. The Kier molecular flexibility index (Phi) is 3.53. The van der Waals surface area contributed by atoms with Gasteiger partial charge in [-0.2, -0.15) is 5.26 Å². The zero-order valence-corrected chi connectivity index (χ0v) is 13.0. The summed E-state index contributed by atoms with van der Waals surface area (Å²) in [4.78, 5) is 4.61. The molecule has 0 atom stereocenters. The minimum Gasteiger partial charge on any atom is -0.256 e. The van der Waals surface area contributed by atoms with Crippen molar-refractivity contribution in [2.24, 2.45) is 4.99 Å². The molecular weight excluding hydrogens is 292 g/mol. The summed E-state index contributed by atoms with van der Waals surface area (Å²) in [6, 6.07) is 28.4. The first-order chi connectivity index (χ1) is 11.8. The smallest absolute Gasteiger partial charge is 0.0992 e. The fourth-order valence-corrected chi connectivity index (χ4v) is 2.98. The van der Waals surface area contributed by atoms with E-state index in [4.69, 9.17) is 5.26 Å². The van der Waals surface area contributed by atoms with Crippen molar-refractivity contribution < 1.29 is 0 Å². The molecule has 0 spiro atoms. The summed E-state index contributed by atoms with van der Waals surface area (Å²) in [6.45, 7) is 0. The van der Waals surface area contributed by atoms with Crippen LogP contribution in [0.1, 0.15) is 11.1 Å². The molecule has 0 amide bonds. The monoisotopic (exact) mass is 306 g/mol. The SMILES string of the molecule is N#Cc1cccc(N=Cc2c3ccccc3cc3ccccc23)c1. The Balaban J connectivity index is 1.93. The van der Waals surface area contributed by atoms with Crippen LogP contribution in [-0.2, 0) is 0 Å². The Labute approximate surface area is 140 Å². The molecule has 0 saturated heterocycles. The van der Waals surface area contributed by atoms with E-state index in [9.17, 15) is 0 Å². The predicted molar refractivity (Wildman–Crippen MR) is 99.9 cm³/mol. The Bertz CT molecular complexity index is 1060. The highest BCUT2D eigenvalue weighted by molar-refractivity contribution is 6.13. The van der Waals surface area contributed by atoms with E-state index in [1.807, 2.05) is 30.5 Å². The maximum Gasteiger partial charge on any atom is 0.0992 e. The molecule has 24 heavy (non-hydrogen) atoms. The molecule has 2 nitrogen and oxygen atoms in total. The van der Waals surface area contributed by atoms with Gasteiger partial charge in [0.1, 0.15) is 0 Å². The van der Waals surface area contributed by atoms with Gasteiger partial charge in [0.15, 0.2) is 0 Å². The van der Waals surface area contributed by atoms with Crippen LogP contribution in [0.15, 0.2) is 83.9 Å². The van der Waals surface area contributed by atoms with E-state index in [1.54, 1.807) is 12.1 Å². The number of benzene rings is 4. The lowest BCUT2D eigenvalue weighted by molar-refractivity contribution is 1.46. The van der Waals surface area contributed by atoms with Gasteiger partial charge in [0.05, 0.1) is 17.3 Å². The number of fused-ring (bicyclic) bond motifs is 2. The second-order valence-corrected chi connectivity index (χ2v) is 5.65. The average Bonchev–Trinajstić information content (AvgIpc) is 2.65. The van der Waals surface area contributed by atoms with Gasteiger partial charge in [-0.1, -0.05) is 54.6 Å². The van der Waals surface area contributed by atoms with Crippen molar-refractivity contribution in [3.63, 3.8) is 0 Å². The first kappa shape index (κ1) is 14.2. The third kappa shape index (κ3) is 2.53. The number of hydrogen-bond acceptors (Lipinski definition) is 2. The largest absolute Gasteiger partial charge is 0.256 e. The molecule has 0 aliphatic rings. The van der Waals surface area contributed by atoms with Crippen molar-refractivity contribution in [3.8, 4) is 6.07 Å². The maximum absolute atomic E-state index is 9.03. The fraction of sp³-hybridized carbons (Fsp3) is 0. The third-order valence-corrected chi connectivity index (χ3v) is 4.13. The van der Waals surface area contributed by atoms with E-state index < -0.39 is 0 Å². The first-order valence-electron chi connectivity index (χ1n) is 7.80. The van der Waals surface area contributed by atoms with E-state index in [1.165, 1.54) is 21.5 Å². The Morgan fingerprint density at radius 3 is 2.08 bits per heavy atom. The molecule has 0 heterocycles. The van der Waals surface area contributed by atoms with E-state index >= 15 is 0 Å². The van der Waals surface area contributed by atoms with E-state index in [-0.39, 0.29) is 0 Å². The van der Waals surface area contributed by atoms with Crippen LogP contribution in [0.5, 0.6) is 0 Å². The minimum absolute atomic E-state index is 0.618. The quantitative estimate of drug-likeness (QED) is 0.350. The molecule has 0 aliphatic carbocycles. The zero-order chi connectivity index (χ0) is 16.4. The Morgan fingerprint density at radius 1 is 0.750 bits per heavy atom. The number of nitrogens with zero attached hydrogens (tertiary/aromatic N) is 2. The van der Waals surface area contributed by atoms with Crippen LogP contribution in [0.2, 0.25) is 0 Å². The number of hydrogen-bond donors (Lipinski definition) is 0. The topological polar surface area (TPSA) is 36.1 Å². The first-order valence-corrected chi connectivity index (χ1v) is 7.80. The van der Waals surface area contributed by atoms with Gasteiger partial charge >= 0.3 is 0 Å². The van der Waals surface area contributed by atoms with Crippen molar-refractivity contribution >= 4 is 33.4 Å². The molecule has 4 rings (SSSR count). The molecule has 0 radical (unpaired) electrons. The summed E-state index contributed by atoms with van der Waals surface area (Å²) in [6.07, 6.45) is 1.90. The van der Waals surface area contributed by atoms with Gasteiger partial charge < -0.3 is 0 Å². The fourth-order valence-electron chi connectivity index (χ4n) is 2.98. The highest BCUT2D eigenvalue weighted by Crippen LogP contribution is 2.27. The lowest BCUT2D eigenvalue weighted by Crippen LogP contribution is -1.88. The van der Waals surface area contributed by atoms with Gasteiger partial charge in [-0.25, -0.2) is 0 Å². The van der Waals surface area contributed by atoms with Gasteiger partial charge in [-0.3, -0.25) is 4.99 Å². The van der Waals surface area contributed by atoms with Crippen LogP contribution in [0.3, 0.4) is 0 Å². The highest BCUT2D eigenvalue weighted by atomic mass is 14.7. The summed E-state index contributed by atoms with van der Waals surface area (Å²) < 4.78 is 0. The molecule has 0 unspecified atom stereocenters. The van der Waals surface area contributed by atoms with E-state index in [2.05, 4.69) is 53.5 Å².